The summed E-state index contributed by atoms with van der Waals surface area (Å²) in [6, 6.07) is 14.3. The molecule has 0 heterocycles. The number of ether oxygens (including phenoxy) is 1. The SMILES string of the molecule is O=C(N/N=C/c1cc(Cl)ccc1OCc1ccc(F)cc1)c1cc(O)cc(O)c1. The molecule has 0 spiro atoms. The molecule has 0 unspecified atom stereocenters. The Morgan fingerprint density at radius 3 is 2.45 bits per heavy atom. The number of amides is 1. The predicted octanol–water partition coefficient (Wildman–Crippen LogP) is 4.23. The molecule has 0 bridgehead atoms. The zero-order valence-electron chi connectivity index (χ0n) is 15.0. The van der Waals surface area contributed by atoms with Crippen molar-refractivity contribution in [2.45, 2.75) is 6.61 Å². The fourth-order valence-electron chi connectivity index (χ4n) is 2.44. The normalized spacial score (nSPS) is 10.8. The van der Waals surface area contributed by atoms with Gasteiger partial charge >= 0.3 is 0 Å². The minimum Gasteiger partial charge on any atom is -0.508 e. The number of rotatable bonds is 6. The topological polar surface area (TPSA) is 91.2 Å². The molecule has 29 heavy (non-hydrogen) atoms. The van der Waals surface area contributed by atoms with Gasteiger partial charge in [-0.3, -0.25) is 4.79 Å². The van der Waals surface area contributed by atoms with Gasteiger partial charge in [0.05, 0.1) is 6.21 Å². The first-order valence-electron chi connectivity index (χ1n) is 8.44. The zero-order chi connectivity index (χ0) is 20.8. The van der Waals surface area contributed by atoms with E-state index in [-0.39, 0.29) is 29.5 Å². The summed E-state index contributed by atoms with van der Waals surface area (Å²) in [6.07, 6.45) is 1.35. The maximum Gasteiger partial charge on any atom is 0.271 e. The summed E-state index contributed by atoms with van der Waals surface area (Å²) in [6.45, 7) is 0.206. The molecule has 6 nitrogen and oxygen atoms in total. The fourth-order valence-corrected chi connectivity index (χ4v) is 2.63. The van der Waals surface area contributed by atoms with E-state index in [0.717, 1.165) is 11.6 Å². The monoisotopic (exact) mass is 414 g/mol. The lowest BCUT2D eigenvalue weighted by Crippen LogP contribution is -2.17. The lowest BCUT2D eigenvalue weighted by atomic mass is 10.2. The van der Waals surface area contributed by atoms with Crippen LogP contribution in [0.1, 0.15) is 21.5 Å². The van der Waals surface area contributed by atoms with E-state index in [1.54, 1.807) is 30.3 Å². The molecule has 3 aromatic carbocycles. The minimum absolute atomic E-state index is 0.0403. The smallest absolute Gasteiger partial charge is 0.271 e. The molecule has 0 saturated carbocycles. The van der Waals surface area contributed by atoms with Gasteiger partial charge in [-0.15, -0.1) is 0 Å². The van der Waals surface area contributed by atoms with Crippen molar-refractivity contribution in [2.24, 2.45) is 5.10 Å². The highest BCUT2D eigenvalue weighted by atomic mass is 35.5. The number of phenols is 2. The van der Waals surface area contributed by atoms with Crippen molar-refractivity contribution in [1.82, 2.24) is 5.43 Å². The van der Waals surface area contributed by atoms with Crippen LogP contribution in [-0.2, 0) is 6.61 Å². The van der Waals surface area contributed by atoms with Gasteiger partial charge in [-0.25, -0.2) is 9.82 Å². The lowest BCUT2D eigenvalue weighted by molar-refractivity contribution is 0.0954. The van der Waals surface area contributed by atoms with Crippen LogP contribution in [0.5, 0.6) is 17.2 Å². The molecule has 0 radical (unpaired) electrons. The first kappa shape index (κ1) is 20.2. The number of carbonyl (C=O) groups is 1. The maximum atomic E-state index is 13.0. The second-order valence-corrected chi connectivity index (χ2v) is 6.47. The van der Waals surface area contributed by atoms with Crippen LogP contribution in [0.3, 0.4) is 0 Å². The zero-order valence-corrected chi connectivity index (χ0v) is 15.7. The lowest BCUT2D eigenvalue weighted by Gasteiger charge is -2.10. The summed E-state index contributed by atoms with van der Waals surface area (Å²) >= 11 is 6.02. The van der Waals surface area contributed by atoms with Crippen molar-refractivity contribution < 1.29 is 24.1 Å². The number of phenolic OH excluding ortho intramolecular Hbond substituents is 2. The Kier molecular flexibility index (Phi) is 6.31. The fraction of sp³-hybridized carbons (Fsp3) is 0.0476. The van der Waals surface area contributed by atoms with Crippen molar-refractivity contribution >= 4 is 23.7 Å². The van der Waals surface area contributed by atoms with E-state index >= 15 is 0 Å². The molecule has 148 valence electrons. The highest BCUT2D eigenvalue weighted by molar-refractivity contribution is 6.30. The van der Waals surface area contributed by atoms with Crippen LogP contribution in [0.15, 0.2) is 65.8 Å². The van der Waals surface area contributed by atoms with Crippen LogP contribution in [0.2, 0.25) is 5.02 Å². The molecule has 0 atom stereocenters. The van der Waals surface area contributed by atoms with Crippen LogP contribution in [0.25, 0.3) is 0 Å². The molecular formula is C21H16ClFN2O4. The van der Waals surface area contributed by atoms with E-state index in [9.17, 15) is 19.4 Å². The highest BCUT2D eigenvalue weighted by Gasteiger charge is 2.08. The second kappa shape index (κ2) is 9.07. The van der Waals surface area contributed by atoms with Gasteiger partial charge < -0.3 is 14.9 Å². The quantitative estimate of drug-likeness (QED) is 0.415. The van der Waals surface area contributed by atoms with E-state index in [1.807, 2.05) is 0 Å². The van der Waals surface area contributed by atoms with Gasteiger partial charge in [0.15, 0.2) is 0 Å². The van der Waals surface area contributed by atoms with Crippen LogP contribution in [0.4, 0.5) is 4.39 Å². The Balaban J connectivity index is 1.70. The van der Waals surface area contributed by atoms with E-state index in [1.165, 1.54) is 30.5 Å². The Bertz CT molecular complexity index is 1030. The van der Waals surface area contributed by atoms with Gasteiger partial charge in [-0.1, -0.05) is 23.7 Å². The van der Waals surface area contributed by atoms with E-state index < -0.39 is 5.91 Å². The molecule has 3 rings (SSSR count). The number of halogens is 2. The highest BCUT2D eigenvalue weighted by Crippen LogP contribution is 2.23. The van der Waals surface area contributed by atoms with Gasteiger partial charge in [-0.05, 0) is 48.0 Å². The van der Waals surface area contributed by atoms with Crippen molar-refractivity contribution in [1.29, 1.82) is 0 Å². The second-order valence-electron chi connectivity index (χ2n) is 6.03. The van der Waals surface area contributed by atoms with Gasteiger partial charge in [0, 0.05) is 22.2 Å². The van der Waals surface area contributed by atoms with Gasteiger partial charge in [0.2, 0.25) is 0 Å². The Morgan fingerprint density at radius 2 is 1.76 bits per heavy atom. The molecule has 3 N–H and O–H groups in total. The van der Waals surface area contributed by atoms with Crippen molar-refractivity contribution in [3.63, 3.8) is 0 Å². The summed E-state index contributed by atoms with van der Waals surface area (Å²) in [7, 11) is 0. The number of nitrogens with zero attached hydrogens (tertiary/aromatic N) is 1. The molecule has 0 aliphatic heterocycles. The van der Waals surface area contributed by atoms with Crippen molar-refractivity contribution in [3.8, 4) is 17.2 Å². The molecular weight excluding hydrogens is 399 g/mol. The van der Waals surface area contributed by atoms with E-state index in [4.69, 9.17) is 16.3 Å². The first-order chi connectivity index (χ1) is 13.9. The van der Waals surface area contributed by atoms with Gasteiger partial charge in [-0.2, -0.15) is 5.10 Å². The summed E-state index contributed by atoms with van der Waals surface area (Å²) < 4.78 is 18.7. The molecule has 3 aromatic rings. The summed E-state index contributed by atoms with van der Waals surface area (Å²) in [5, 5.41) is 23.2. The van der Waals surface area contributed by atoms with Crippen LogP contribution < -0.4 is 10.2 Å². The summed E-state index contributed by atoms with van der Waals surface area (Å²) in [5.41, 5.74) is 3.63. The number of nitrogens with one attached hydrogen (secondary N) is 1. The van der Waals surface area contributed by atoms with Crippen molar-refractivity contribution in [3.05, 3.63) is 88.2 Å². The largest absolute Gasteiger partial charge is 0.508 e. The predicted molar refractivity (Wildman–Crippen MR) is 107 cm³/mol. The third kappa shape index (κ3) is 5.70. The first-order valence-corrected chi connectivity index (χ1v) is 8.82. The number of aromatic hydroxyl groups is 2. The van der Waals surface area contributed by atoms with Crippen LogP contribution in [0, 0.1) is 5.82 Å². The molecule has 8 heteroatoms. The van der Waals surface area contributed by atoms with Gasteiger partial charge in [0.25, 0.3) is 5.91 Å². The number of hydrazone groups is 1. The Morgan fingerprint density at radius 1 is 1.07 bits per heavy atom. The van der Waals surface area contributed by atoms with Crippen LogP contribution >= 0.6 is 11.6 Å². The van der Waals surface area contributed by atoms with E-state index in [0.29, 0.717) is 16.3 Å². The molecule has 0 saturated heterocycles. The van der Waals surface area contributed by atoms with Crippen LogP contribution in [-0.4, -0.2) is 22.3 Å². The maximum absolute atomic E-state index is 13.0. The van der Waals surface area contributed by atoms with Gasteiger partial charge in [0.1, 0.15) is 29.7 Å². The molecule has 0 aliphatic rings. The standard InChI is InChI=1S/C21H16ClFN2O4/c22-16-3-6-20(29-12-13-1-4-17(23)5-2-13)15(7-16)11-24-25-21(28)14-8-18(26)10-19(27)9-14/h1-11,26-27H,12H2,(H,25,28)/b24-11+. The molecule has 0 fully saturated rings. The minimum atomic E-state index is -0.622. The average Bonchev–Trinajstić information content (AvgIpc) is 2.68. The average molecular weight is 415 g/mol. The summed E-state index contributed by atoms with van der Waals surface area (Å²) in [4.78, 5) is 12.1. The number of hydrogen-bond acceptors (Lipinski definition) is 5. The van der Waals surface area contributed by atoms with E-state index in [2.05, 4.69) is 10.5 Å². The van der Waals surface area contributed by atoms with Crippen molar-refractivity contribution in [2.75, 3.05) is 0 Å². The molecule has 0 aromatic heterocycles. The number of hydrogen-bond donors (Lipinski definition) is 3. The molecule has 0 aliphatic carbocycles. The third-order valence-electron chi connectivity index (χ3n) is 3.81. The summed E-state index contributed by atoms with van der Waals surface area (Å²) in [5.74, 6) is -0.977. The Labute approximate surface area is 170 Å². The third-order valence-corrected chi connectivity index (χ3v) is 4.05. The molecule has 1 amide bonds. The number of benzene rings is 3. The number of carbonyl (C=O) groups excluding carboxylic acids is 1. The Hall–Kier alpha value is -3.58.